The molecule has 0 bridgehead atoms. The zero-order valence-corrected chi connectivity index (χ0v) is 33.5. The molecule has 0 aliphatic heterocycles. The van der Waals surface area contributed by atoms with Gasteiger partial charge in [0.2, 0.25) is 0 Å². The zero-order valence-electron chi connectivity index (χ0n) is 32.5. The van der Waals surface area contributed by atoms with E-state index in [0.29, 0.717) is 5.57 Å². The van der Waals surface area contributed by atoms with E-state index in [1.165, 1.54) is 206 Å². The van der Waals surface area contributed by atoms with E-state index in [-0.39, 0.29) is 5.97 Å². The van der Waals surface area contributed by atoms with Crippen LogP contribution in [0, 0.1) is 0 Å². The molecular formula is C42H82O4Si. The second-order valence-electron chi connectivity index (χ2n) is 14.7. The van der Waals surface area contributed by atoms with E-state index in [1.807, 2.05) is 0 Å². The zero-order chi connectivity index (χ0) is 34.7. The Hall–Kier alpha value is -1.10. The third kappa shape index (κ3) is 29.5. The molecule has 0 spiro atoms. The van der Waals surface area contributed by atoms with Gasteiger partial charge in [-0.1, -0.05) is 213 Å². The molecule has 0 heterocycles. The summed E-state index contributed by atoms with van der Waals surface area (Å²) in [5.41, 5.74) is 0.378. The summed E-state index contributed by atoms with van der Waals surface area (Å²) in [5.74, 6) is -0.765. The van der Waals surface area contributed by atoms with Crippen molar-refractivity contribution in [1.29, 1.82) is 0 Å². The number of unbranched alkanes of at least 4 members (excludes halogenated alkanes) is 27. The molecule has 4 nitrogen and oxygen atoms in total. The lowest BCUT2D eigenvalue weighted by Gasteiger charge is -2.32. The van der Waals surface area contributed by atoms with Gasteiger partial charge >= 0.3 is 11.9 Å². The van der Waals surface area contributed by atoms with Crippen LogP contribution in [0.25, 0.3) is 0 Å². The maximum atomic E-state index is 13.4. The Morgan fingerprint density at radius 2 is 0.702 bits per heavy atom. The molecule has 0 aromatic heterocycles. The molecule has 5 heteroatoms. The van der Waals surface area contributed by atoms with Crippen LogP contribution in [0.15, 0.2) is 11.6 Å². The van der Waals surface area contributed by atoms with Gasteiger partial charge in [-0.05, 0) is 25.1 Å². The number of hydrogen-bond donors (Lipinski definition) is 0. The van der Waals surface area contributed by atoms with Gasteiger partial charge in [0.1, 0.15) is 0 Å². The van der Waals surface area contributed by atoms with Crippen LogP contribution >= 0.6 is 0 Å². The van der Waals surface area contributed by atoms with Gasteiger partial charge in [0.05, 0.1) is 7.11 Å². The van der Waals surface area contributed by atoms with Gasteiger partial charge in [0, 0.05) is 11.6 Å². The lowest BCUT2D eigenvalue weighted by atomic mass is 10.1. The predicted octanol–water partition coefficient (Wildman–Crippen LogP) is 14.4. The molecule has 0 aliphatic rings. The standard InChI is InChI=1S/C42H82O4Si/c1-6-9-12-15-18-21-24-27-30-33-36-47(46-42(44)40(4)39-41(43)45-5,37-34-31-28-25-22-19-16-13-10-7-2)38-35-32-29-26-23-20-17-14-11-8-3/h39H,6-38H2,1-5H3/b40-39-. The summed E-state index contributed by atoms with van der Waals surface area (Å²) in [5, 5.41) is 0. The Morgan fingerprint density at radius 3 is 0.957 bits per heavy atom. The normalized spacial score (nSPS) is 12.1. The summed E-state index contributed by atoms with van der Waals surface area (Å²) < 4.78 is 11.4. The number of esters is 1. The van der Waals surface area contributed by atoms with Crippen molar-refractivity contribution in [3.05, 3.63) is 11.6 Å². The van der Waals surface area contributed by atoms with Crippen LogP contribution in [0.3, 0.4) is 0 Å². The van der Waals surface area contributed by atoms with Crippen LogP contribution in [-0.2, 0) is 18.8 Å². The van der Waals surface area contributed by atoms with E-state index in [0.717, 1.165) is 18.1 Å². The minimum Gasteiger partial charge on any atom is -0.516 e. The molecule has 0 aromatic carbocycles. The maximum absolute atomic E-state index is 13.4. The van der Waals surface area contributed by atoms with E-state index in [9.17, 15) is 9.59 Å². The number of rotatable bonds is 36. The van der Waals surface area contributed by atoms with Crippen molar-refractivity contribution in [3.63, 3.8) is 0 Å². The third-order valence-corrected chi connectivity index (χ3v) is 14.5. The van der Waals surface area contributed by atoms with Crippen LogP contribution in [0.1, 0.15) is 220 Å². The number of carbonyl (C=O) groups excluding carboxylic acids is 2. The summed E-state index contributed by atoms with van der Waals surface area (Å²) in [6, 6.07) is 3.24. The lowest BCUT2D eigenvalue weighted by Crippen LogP contribution is -2.40. The molecule has 0 unspecified atom stereocenters. The van der Waals surface area contributed by atoms with E-state index < -0.39 is 14.3 Å². The Labute approximate surface area is 295 Å². The van der Waals surface area contributed by atoms with Crippen molar-refractivity contribution >= 4 is 20.3 Å². The molecule has 47 heavy (non-hydrogen) atoms. The topological polar surface area (TPSA) is 52.6 Å². The third-order valence-electron chi connectivity index (χ3n) is 10.1. The highest BCUT2D eigenvalue weighted by atomic mass is 28.4. The van der Waals surface area contributed by atoms with E-state index >= 15 is 0 Å². The minimum atomic E-state index is -2.30. The van der Waals surface area contributed by atoms with Gasteiger partial charge in [0.25, 0.3) is 8.32 Å². The average molecular weight is 679 g/mol. The second kappa shape index (κ2) is 34.7. The van der Waals surface area contributed by atoms with Gasteiger partial charge in [0.15, 0.2) is 0 Å². The van der Waals surface area contributed by atoms with Gasteiger partial charge in [-0.3, -0.25) is 0 Å². The smallest absolute Gasteiger partial charge is 0.330 e. The molecule has 0 aliphatic carbocycles. The summed E-state index contributed by atoms with van der Waals surface area (Å²) in [6.07, 6.45) is 41.0. The molecule has 0 saturated carbocycles. The molecule has 0 amide bonds. The molecule has 0 radical (unpaired) electrons. The van der Waals surface area contributed by atoms with Crippen molar-refractivity contribution < 1.29 is 18.8 Å². The predicted molar refractivity (Wildman–Crippen MR) is 208 cm³/mol. The molecule has 0 aromatic rings. The molecule has 278 valence electrons. The van der Waals surface area contributed by atoms with Gasteiger partial charge in [-0.25, -0.2) is 9.59 Å². The highest BCUT2D eigenvalue weighted by Gasteiger charge is 2.37. The first-order chi connectivity index (χ1) is 22.9. The van der Waals surface area contributed by atoms with E-state index in [2.05, 4.69) is 20.8 Å². The maximum Gasteiger partial charge on any atom is 0.330 e. The Balaban J connectivity index is 5.18. The van der Waals surface area contributed by atoms with Crippen LogP contribution in [0.5, 0.6) is 0 Å². The fourth-order valence-corrected chi connectivity index (χ4v) is 11.2. The average Bonchev–Trinajstić information content (AvgIpc) is 3.07. The number of hydrogen-bond acceptors (Lipinski definition) is 4. The first kappa shape index (κ1) is 45.9. The fourth-order valence-electron chi connectivity index (χ4n) is 6.90. The summed E-state index contributed by atoms with van der Waals surface area (Å²) in [7, 11) is -0.937. The van der Waals surface area contributed by atoms with Crippen LogP contribution < -0.4 is 0 Å². The number of carbonyl (C=O) groups is 2. The van der Waals surface area contributed by atoms with E-state index in [1.54, 1.807) is 6.92 Å². The monoisotopic (exact) mass is 679 g/mol. The molecule has 0 atom stereocenters. The van der Waals surface area contributed by atoms with Crippen molar-refractivity contribution in [2.75, 3.05) is 7.11 Å². The highest BCUT2D eigenvalue weighted by molar-refractivity contribution is 6.75. The fraction of sp³-hybridized carbons (Fsp3) is 0.905. The van der Waals surface area contributed by atoms with Crippen molar-refractivity contribution in [1.82, 2.24) is 0 Å². The molecule has 0 N–H and O–H groups in total. The molecule has 0 fully saturated rings. The Morgan fingerprint density at radius 1 is 0.447 bits per heavy atom. The first-order valence-electron chi connectivity index (χ1n) is 20.9. The molecule has 0 saturated heterocycles. The van der Waals surface area contributed by atoms with Crippen LogP contribution in [0.4, 0.5) is 0 Å². The van der Waals surface area contributed by atoms with Crippen LogP contribution in [0.2, 0.25) is 18.1 Å². The Kier molecular flexibility index (Phi) is 33.9. The first-order valence-corrected chi connectivity index (χ1v) is 23.5. The van der Waals surface area contributed by atoms with Crippen molar-refractivity contribution in [2.24, 2.45) is 0 Å². The summed E-state index contributed by atoms with van der Waals surface area (Å²) in [6.45, 7) is 8.55. The van der Waals surface area contributed by atoms with Gasteiger partial charge < -0.3 is 9.16 Å². The molecular weight excluding hydrogens is 597 g/mol. The summed E-state index contributed by atoms with van der Waals surface area (Å²) in [4.78, 5) is 25.3. The Bertz CT molecular complexity index is 674. The number of ether oxygens (including phenoxy) is 1. The van der Waals surface area contributed by atoms with Crippen molar-refractivity contribution in [3.8, 4) is 0 Å². The minimum absolute atomic E-state index is 0.284. The van der Waals surface area contributed by atoms with Gasteiger partial charge in [-0.15, -0.1) is 0 Å². The van der Waals surface area contributed by atoms with Crippen molar-refractivity contribution in [2.45, 2.75) is 238 Å². The second-order valence-corrected chi connectivity index (χ2v) is 18.8. The SMILES string of the molecule is CCCCCCCCCCCC[Si](CCCCCCCCCCCC)(CCCCCCCCCCCC)OC(=O)/C(C)=C\C(=O)OC. The lowest BCUT2D eigenvalue weighted by molar-refractivity contribution is -0.136. The molecule has 0 rings (SSSR count). The van der Waals surface area contributed by atoms with E-state index in [4.69, 9.17) is 9.16 Å². The largest absolute Gasteiger partial charge is 0.516 e. The quantitative estimate of drug-likeness (QED) is 0.0286. The highest BCUT2D eigenvalue weighted by Crippen LogP contribution is 2.32. The van der Waals surface area contributed by atoms with Crippen LogP contribution in [-0.4, -0.2) is 27.4 Å². The number of methoxy groups -OCH3 is 1. The van der Waals surface area contributed by atoms with Gasteiger partial charge in [-0.2, -0.15) is 0 Å². The summed E-state index contributed by atoms with van der Waals surface area (Å²) >= 11 is 0.